The molecule has 0 aromatic heterocycles. The van der Waals surface area contributed by atoms with Crippen molar-refractivity contribution >= 4 is 16.9 Å². The summed E-state index contributed by atoms with van der Waals surface area (Å²) in [4.78, 5) is 12.9. The average molecular weight is 269 g/mol. The lowest BCUT2D eigenvalue weighted by atomic mass is 10.1. The first kappa shape index (κ1) is 14.9. The number of carbonyl (C=O) groups excluding carboxylic acids is 1. The second-order valence-electron chi connectivity index (χ2n) is 5.15. The lowest BCUT2D eigenvalue weighted by molar-refractivity contribution is 0.0581. The zero-order valence-corrected chi connectivity index (χ0v) is 12.7. The average Bonchev–Trinajstić information content (AvgIpc) is 2.25. The van der Waals surface area contributed by atoms with E-state index in [1.807, 2.05) is 39.0 Å². The Labute approximate surface area is 112 Å². The molecule has 0 radical (unpaired) electrons. The van der Waals surface area contributed by atoms with Gasteiger partial charge < -0.3 is 9.47 Å². The highest BCUT2D eigenvalue weighted by Gasteiger charge is 2.27. The summed E-state index contributed by atoms with van der Waals surface area (Å²) in [6.45, 7) is 5.87. The number of methoxy groups -OCH3 is 1. The molecule has 4 heteroatoms. The topological polar surface area (TPSA) is 35.5 Å². The summed E-state index contributed by atoms with van der Waals surface area (Å²) in [6.07, 6.45) is 4.14. The molecule has 0 aliphatic carbocycles. The minimum Gasteiger partial charge on any atom is -0.487 e. The summed E-state index contributed by atoms with van der Waals surface area (Å²) < 4.78 is 10.7. The summed E-state index contributed by atoms with van der Waals surface area (Å²) >= 11 is 0. The van der Waals surface area contributed by atoms with Crippen LogP contribution in [0.5, 0.6) is 5.75 Å². The van der Waals surface area contributed by atoms with Gasteiger partial charge in [-0.25, -0.2) is 4.79 Å². The predicted molar refractivity (Wildman–Crippen MR) is 75.6 cm³/mol. The number of benzene rings is 1. The van der Waals surface area contributed by atoms with Gasteiger partial charge in [-0.05, 0) is 32.9 Å². The van der Waals surface area contributed by atoms with Gasteiger partial charge in [-0.3, -0.25) is 0 Å². The van der Waals surface area contributed by atoms with Gasteiger partial charge >= 0.3 is 5.97 Å². The Bertz CT molecular complexity index is 433. The summed E-state index contributed by atoms with van der Waals surface area (Å²) in [5.74, 6) is 0.249. The van der Waals surface area contributed by atoms with E-state index < -0.39 is 0 Å². The molecule has 0 amide bonds. The van der Waals surface area contributed by atoms with Crippen LogP contribution in [0.15, 0.2) is 23.1 Å². The van der Waals surface area contributed by atoms with Gasteiger partial charge in [0, 0.05) is 10.9 Å². The van der Waals surface area contributed by atoms with Crippen LogP contribution in [0.1, 0.15) is 31.1 Å². The van der Waals surface area contributed by atoms with Gasteiger partial charge in [-0.2, -0.15) is 0 Å². The molecule has 0 N–H and O–H groups in total. The van der Waals surface area contributed by atoms with Crippen LogP contribution < -0.4 is 4.74 Å². The summed E-state index contributed by atoms with van der Waals surface area (Å²) in [5, 5.41) is 0. The van der Waals surface area contributed by atoms with Crippen molar-refractivity contribution in [3.63, 3.8) is 0 Å². The lowest BCUT2D eigenvalue weighted by Gasteiger charge is -2.23. The first-order valence-electron chi connectivity index (χ1n) is 5.74. The zero-order valence-electron chi connectivity index (χ0n) is 11.9. The van der Waals surface area contributed by atoms with Crippen LogP contribution in [-0.2, 0) is 15.6 Å². The molecule has 100 valence electrons. The molecule has 0 aliphatic rings. The molecular weight excluding hydrogens is 248 g/mol. The molecule has 0 fully saturated rings. The third-order valence-corrected chi connectivity index (χ3v) is 3.45. The first-order chi connectivity index (χ1) is 8.26. The molecule has 0 unspecified atom stereocenters. The van der Waals surface area contributed by atoms with Crippen molar-refractivity contribution in [2.45, 2.75) is 31.3 Å². The van der Waals surface area contributed by atoms with Gasteiger partial charge in [0.1, 0.15) is 23.9 Å². The standard InChI is InChI=1S/C14H21O3S/c1-14(2,3)17-10-8-7-9-11(18(5)6)12(10)13(15)16-4/h7-9H,1-6H3/q+1. The minimum absolute atomic E-state index is 0.0322. The highest BCUT2D eigenvalue weighted by molar-refractivity contribution is 7.95. The van der Waals surface area contributed by atoms with Crippen LogP contribution in [0.25, 0.3) is 0 Å². The minimum atomic E-state index is -0.346. The molecule has 0 spiro atoms. The smallest absolute Gasteiger partial charge is 0.346 e. The first-order valence-corrected chi connectivity index (χ1v) is 7.78. The Morgan fingerprint density at radius 2 is 1.83 bits per heavy atom. The molecule has 0 atom stereocenters. The van der Waals surface area contributed by atoms with Crippen molar-refractivity contribution in [2.75, 3.05) is 19.6 Å². The molecule has 1 rings (SSSR count). The van der Waals surface area contributed by atoms with E-state index in [-0.39, 0.29) is 22.5 Å². The Morgan fingerprint density at radius 3 is 2.28 bits per heavy atom. The van der Waals surface area contributed by atoms with Crippen molar-refractivity contribution in [1.82, 2.24) is 0 Å². The van der Waals surface area contributed by atoms with E-state index in [4.69, 9.17) is 9.47 Å². The maximum Gasteiger partial charge on any atom is 0.346 e. The molecule has 3 nitrogen and oxygen atoms in total. The molecular formula is C14H21O3S+. The predicted octanol–water partition coefficient (Wildman–Crippen LogP) is 2.89. The van der Waals surface area contributed by atoms with Crippen molar-refractivity contribution in [1.29, 1.82) is 0 Å². The summed E-state index contributed by atoms with van der Waals surface area (Å²) in [7, 11) is 1.36. The van der Waals surface area contributed by atoms with Crippen molar-refractivity contribution < 1.29 is 14.3 Å². The second-order valence-corrected chi connectivity index (χ2v) is 7.22. The van der Waals surface area contributed by atoms with Gasteiger partial charge in [-0.15, -0.1) is 0 Å². The van der Waals surface area contributed by atoms with Crippen molar-refractivity contribution in [3.8, 4) is 5.75 Å². The van der Waals surface area contributed by atoms with Crippen molar-refractivity contribution in [3.05, 3.63) is 23.8 Å². The number of esters is 1. The van der Waals surface area contributed by atoms with Gasteiger partial charge in [-0.1, -0.05) is 6.07 Å². The number of hydrogen-bond acceptors (Lipinski definition) is 3. The Morgan fingerprint density at radius 1 is 1.22 bits per heavy atom. The van der Waals surface area contributed by atoms with E-state index in [0.717, 1.165) is 4.90 Å². The van der Waals surface area contributed by atoms with Gasteiger partial charge in [0.2, 0.25) is 0 Å². The van der Waals surface area contributed by atoms with Crippen molar-refractivity contribution in [2.24, 2.45) is 0 Å². The van der Waals surface area contributed by atoms with Crippen LogP contribution >= 0.6 is 0 Å². The quantitative estimate of drug-likeness (QED) is 0.625. The maximum atomic E-state index is 11.9. The fourth-order valence-corrected chi connectivity index (χ4v) is 2.51. The molecule has 0 aliphatic heterocycles. The fourth-order valence-electron chi connectivity index (χ4n) is 1.57. The van der Waals surface area contributed by atoms with Gasteiger partial charge in [0.05, 0.1) is 7.11 Å². The SMILES string of the molecule is COC(=O)c1c(OC(C)(C)C)cccc1[S+](C)C. The largest absolute Gasteiger partial charge is 0.487 e. The number of rotatable bonds is 3. The Kier molecular flexibility index (Phi) is 4.68. The third-order valence-electron chi connectivity index (χ3n) is 2.23. The van der Waals surface area contributed by atoms with Gasteiger partial charge in [0.25, 0.3) is 0 Å². The van der Waals surface area contributed by atoms with E-state index in [1.54, 1.807) is 0 Å². The lowest BCUT2D eigenvalue weighted by Crippen LogP contribution is -2.25. The maximum absolute atomic E-state index is 11.9. The molecule has 0 saturated heterocycles. The van der Waals surface area contributed by atoms with Crippen LogP contribution in [0.4, 0.5) is 0 Å². The molecule has 1 aromatic carbocycles. The highest BCUT2D eigenvalue weighted by Crippen LogP contribution is 2.29. The highest BCUT2D eigenvalue weighted by atomic mass is 32.2. The van der Waals surface area contributed by atoms with E-state index >= 15 is 0 Å². The van der Waals surface area contributed by atoms with Crippen LogP contribution in [0.3, 0.4) is 0 Å². The van der Waals surface area contributed by atoms with E-state index in [9.17, 15) is 4.79 Å². The monoisotopic (exact) mass is 269 g/mol. The molecule has 0 saturated carbocycles. The number of carbonyl (C=O) groups is 1. The van der Waals surface area contributed by atoms with Crippen LogP contribution in [0, 0.1) is 0 Å². The van der Waals surface area contributed by atoms with Gasteiger partial charge in [0.15, 0.2) is 10.5 Å². The number of ether oxygens (including phenoxy) is 2. The Balaban J connectivity index is 3.33. The van der Waals surface area contributed by atoms with Crippen LogP contribution in [-0.4, -0.2) is 31.2 Å². The summed E-state index contributed by atoms with van der Waals surface area (Å²) in [6, 6.07) is 5.68. The summed E-state index contributed by atoms with van der Waals surface area (Å²) in [5.41, 5.74) is 0.199. The fraction of sp³-hybridized carbons (Fsp3) is 0.500. The molecule has 18 heavy (non-hydrogen) atoms. The second kappa shape index (κ2) is 5.65. The zero-order chi connectivity index (χ0) is 13.9. The Hall–Kier alpha value is -1.16. The molecule has 0 heterocycles. The van der Waals surface area contributed by atoms with E-state index in [0.29, 0.717) is 11.3 Å². The molecule has 0 bridgehead atoms. The third kappa shape index (κ3) is 3.67. The number of hydrogen-bond donors (Lipinski definition) is 0. The van der Waals surface area contributed by atoms with E-state index in [2.05, 4.69) is 12.5 Å². The van der Waals surface area contributed by atoms with Crippen LogP contribution in [0.2, 0.25) is 0 Å². The molecule has 1 aromatic rings. The van der Waals surface area contributed by atoms with E-state index in [1.165, 1.54) is 7.11 Å². The normalized spacial score (nSPS) is 11.5.